The van der Waals surface area contributed by atoms with Crippen molar-refractivity contribution in [2.75, 3.05) is 0 Å². The van der Waals surface area contributed by atoms with Gasteiger partial charge in [-0.05, 0) is 31.2 Å². The van der Waals surface area contributed by atoms with Crippen LogP contribution in [-0.2, 0) is 11.2 Å². The molecule has 0 bridgehead atoms. The highest BCUT2D eigenvalue weighted by molar-refractivity contribution is 5.82. The number of nitrogens with one attached hydrogen (secondary N) is 2. The molecule has 5 nitrogen and oxygen atoms in total. The number of amides is 2. The molecule has 1 aliphatic carbocycles. The zero-order chi connectivity index (χ0) is 14.5. The largest absolute Gasteiger partial charge is 0.480 e. The van der Waals surface area contributed by atoms with Crippen molar-refractivity contribution in [3.63, 3.8) is 0 Å². The van der Waals surface area contributed by atoms with Crippen molar-refractivity contribution >= 4 is 12.0 Å². The van der Waals surface area contributed by atoms with E-state index in [9.17, 15) is 14.7 Å². The summed E-state index contributed by atoms with van der Waals surface area (Å²) >= 11 is 0. The van der Waals surface area contributed by atoms with Gasteiger partial charge < -0.3 is 15.7 Å². The van der Waals surface area contributed by atoms with Crippen LogP contribution >= 0.6 is 0 Å². The van der Waals surface area contributed by atoms with Gasteiger partial charge in [0, 0.05) is 12.5 Å². The molecule has 2 amide bonds. The third-order valence-electron chi connectivity index (χ3n) is 3.57. The average molecular weight is 276 g/mol. The summed E-state index contributed by atoms with van der Waals surface area (Å²) in [6, 6.07) is 8.05. The average Bonchev–Trinajstić information content (AvgIpc) is 3.23. The Hall–Kier alpha value is -2.04. The van der Waals surface area contributed by atoms with E-state index in [2.05, 4.69) is 10.6 Å². The van der Waals surface area contributed by atoms with E-state index in [1.807, 2.05) is 37.3 Å². The zero-order valence-corrected chi connectivity index (χ0v) is 11.5. The highest BCUT2D eigenvalue weighted by Gasteiger charge is 2.29. The number of hydrogen-bond donors (Lipinski definition) is 3. The van der Waals surface area contributed by atoms with Gasteiger partial charge in [0.25, 0.3) is 0 Å². The molecule has 1 aliphatic rings. The van der Waals surface area contributed by atoms with Crippen LogP contribution in [0.4, 0.5) is 4.79 Å². The van der Waals surface area contributed by atoms with Crippen molar-refractivity contribution in [3.05, 3.63) is 35.9 Å². The van der Waals surface area contributed by atoms with Gasteiger partial charge in [0.15, 0.2) is 0 Å². The second-order valence-corrected chi connectivity index (χ2v) is 5.32. The van der Waals surface area contributed by atoms with E-state index in [0.29, 0.717) is 5.92 Å². The molecular weight excluding hydrogens is 256 g/mol. The Bertz CT molecular complexity index is 471. The number of rotatable bonds is 6. The van der Waals surface area contributed by atoms with Crippen molar-refractivity contribution < 1.29 is 14.7 Å². The maximum Gasteiger partial charge on any atom is 0.326 e. The van der Waals surface area contributed by atoms with Crippen molar-refractivity contribution in [2.24, 2.45) is 5.92 Å². The fourth-order valence-electron chi connectivity index (χ4n) is 2.17. The smallest absolute Gasteiger partial charge is 0.326 e. The number of hydrogen-bond acceptors (Lipinski definition) is 2. The number of carbonyl (C=O) groups is 2. The molecule has 0 spiro atoms. The first-order valence-electron chi connectivity index (χ1n) is 6.90. The Morgan fingerprint density at radius 2 is 1.90 bits per heavy atom. The normalized spacial score (nSPS) is 17.1. The first kappa shape index (κ1) is 14.4. The van der Waals surface area contributed by atoms with Gasteiger partial charge in [0.2, 0.25) is 0 Å². The molecule has 1 aromatic carbocycles. The summed E-state index contributed by atoms with van der Waals surface area (Å²) in [4.78, 5) is 23.0. The monoisotopic (exact) mass is 276 g/mol. The number of aliphatic carboxylic acids is 1. The second-order valence-electron chi connectivity index (χ2n) is 5.32. The first-order chi connectivity index (χ1) is 9.56. The van der Waals surface area contributed by atoms with E-state index in [0.717, 1.165) is 18.4 Å². The lowest BCUT2D eigenvalue weighted by molar-refractivity contribution is -0.139. The van der Waals surface area contributed by atoms with Crippen LogP contribution in [0.5, 0.6) is 0 Å². The van der Waals surface area contributed by atoms with Crippen LogP contribution in [0, 0.1) is 5.92 Å². The van der Waals surface area contributed by atoms with Crippen molar-refractivity contribution in [2.45, 2.75) is 38.3 Å². The predicted octanol–water partition coefficient (Wildman–Crippen LogP) is 1.78. The van der Waals surface area contributed by atoms with Crippen LogP contribution < -0.4 is 10.6 Å². The first-order valence-corrected chi connectivity index (χ1v) is 6.90. The molecule has 0 radical (unpaired) electrons. The minimum atomic E-state index is -1.02. The molecule has 1 fully saturated rings. The second kappa shape index (κ2) is 6.41. The summed E-state index contributed by atoms with van der Waals surface area (Å²) in [5, 5.41) is 14.5. The van der Waals surface area contributed by atoms with E-state index < -0.39 is 18.0 Å². The van der Waals surface area contributed by atoms with Crippen LogP contribution in [0.2, 0.25) is 0 Å². The molecule has 2 atom stereocenters. The van der Waals surface area contributed by atoms with Gasteiger partial charge in [0.1, 0.15) is 6.04 Å². The molecule has 0 saturated heterocycles. The third kappa shape index (κ3) is 4.26. The van der Waals surface area contributed by atoms with Crippen LogP contribution in [0.15, 0.2) is 30.3 Å². The lowest BCUT2D eigenvalue weighted by Crippen LogP contribution is -2.49. The Balaban J connectivity index is 1.88. The SMILES string of the molecule is CC(NC(=O)N[C@H](Cc1ccccc1)C(=O)O)C1CC1. The van der Waals surface area contributed by atoms with E-state index in [4.69, 9.17) is 0 Å². The van der Waals surface area contributed by atoms with Gasteiger partial charge in [-0.3, -0.25) is 0 Å². The fourth-order valence-corrected chi connectivity index (χ4v) is 2.17. The summed E-state index contributed by atoms with van der Waals surface area (Å²) in [5.41, 5.74) is 0.885. The van der Waals surface area contributed by atoms with E-state index in [1.54, 1.807) is 0 Å². The molecule has 2 rings (SSSR count). The fraction of sp³-hybridized carbons (Fsp3) is 0.467. The quantitative estimate of drug-likeness (QED) is 0.741. The Morgan fingerprint density at radius 1 is 1.25 bits per heavy atom. The summed E-state index contributed by atoms with van der Waals surface area (Å²) in [6.07, 6.45) is 2.54. The lowest BCUT2D eigenvalue weighted by atomic mass is 10.1. The molecule has 0 aliphatic heterocycles. The molecule has 1 saturated carbocycles. The number of benzene rings is 1. The molecule has 0 heterocycles. The van der Waals surface area contributed by atoms with Gasteiger partial charge in [-0.2, -0.15) is 0 Å². The number of carboxylic acid groups (broad SMARTS) is 1. The molecule has 1 unspecified atom stereocenters. The number of carboxylic acids is 1. The van der Waals surface area contributed by atoms with Gasteiger partial charge >= 0.3 is 12.0 Å². The predicted molar refractivity (Wildman–Crippen MR) is 75.4 cm³/mol. The van der Waals surface area contributed by atoms with E-state index in [1.165, 1.54) is 0 Å². The standard InChI is InChI=1S/C15H20N2O3/c1-10(12-7-8-12)16-15(20)17-13(14(18)19)9-11-5-3-2-4-6-11/h2-6,10,12-13H,7-9H2,1H3,(H,18,19)(H2,16,17,20)/t10?,13-/m1/s1. The summed E-state index contributed by atoms with van der Waals surface area (Å²) in [6.45, 7) is 1.95. The Labute approximate surface area is 118 Å². The molecule has 1 aromatic rings. The van der Waals surface area contributed by atoms with Crippen molar-refractivity contribution in [1.82, 2.24) is 10.6 Å². The van der Waals surface area contributed by atoms with Gasteiger partial charge in [-0.15, -0.1) is 0 Å². The maximum absolute atomic E-state index is 11.8. The van der Waals surface area contributed by atoms with Crippen LogP contribution in [0.1, 0.15) is 25.3 Å². The lowest BCUT2D eigenvalue weighted by Gasteiger charge is -2.18. The van der Waals surface area contributed by atoms with Gasteiger partial charge in [-0.25, -0.2) is 9.59 Å². The van der Waals surface area contributed by atoms with E-state index >= 15 is 0 Å². The highest BCUT2D eigenvalue weighted by atomic mass is 16.4. The molecule has 20 heavy (non-hydrogen) atoms. The molecule has 108 valence electrons. The minimum Gasteiger partial charge on any atom is -0.480 e. The number of carbonyl (C=O) groups excluding carboxylic acids is 1. The third-order valence-corrected chi connectivity index (χ3v) is 3.57. The summed E-state index contributed by atoms with van der Waals surface area (Å²) in [7, 11) is 0. The maximum atomic E-state index is 11.8. The van der Waals surface area contributed by atoms with Crippen LogP contribution in [0.25, 0.3) is 0 Å². The molecule has 3 N–H and O–H groups in total. The molecule has 0 aromatic heterocycles. The Kier molecular flexibility index (Phi) is 4.61. The van der Waals surface area contributed by atoms with E-state index in [-0.39, 0.29) is 12.5 Å². The number of urea groups is 1. The van der Waals surface area contributed by atoms with Gasteiger partial charge in [-0.1, -0.05) is 30.3 Å². The van der Waals surface area contributed by atoms with Crippen molar-refractivity contribution in [1.29, 1.82) is 0 Å². The zero-order valence-electron chi connectivity index (χ0n) is 11.5. The molecule has 5 heteroatoms. The van der Waals surface area contributed by atoms with Crippen molar-refractivity contribution in [3.8, 4) is 0 Å². The highest BCUT2D eigenvalue weighted by Crippen LogP contribution is 2.32. The minimum absolute atomic E-state index is 0.0983. The van der Waals surface area contributed by atoms with Gasteiger partial charge in [0.05, 0.1) is 0 Å². The van der Waals surface area contributed by atoms with Crippen LogP contribution in [0.3, 0.4) is 0 Å². The van der Waals surface area contributed by atoms with Crippen LogP contribution in [-0.4, -0.2) is 29.2 Å². The summed E-state index contributed by atoms with van der Waals surface area (Å²) in [5.74, 6) is -0.485. The topological polar surface area (TPSA) is 78.4 Å². The Morgan fingerprint density at radius 3 is 2.45 bits per heavy atom. The summed E-state index contributed by atoms with van der Waals surface area (Å²) < 4.78 is 0. The molecular formula is C15H20N2O3.